The van der Waals surface area contributed by atoms with Crippen molar-refractivity contribution in [2.45, 2.75) is 158 Å². The number of ether oxygens (including phenoxy) is 2. The van der Waals surface area contributed by atoms with Crippen LogP contribution in [0.3, 0.4) is 0 Å². The average Bonchev–Trinajstić information content (AvgIpc) is 3.54. The van der Waals surface area contributed by atoms with Gasteiger partial charge in [0.2, 0.25) is 0 Å². The van der Waals surface area contributed by atoms with Crippen LogP contribution in [-0.2, 0) is 13.1 Å². The zero-order valence-corrected chi connectivity index (χ0v) is 38.6. The predicted molar refractivity (Wildman–Crippen MR) is 252 cm³/mol. The number of anilines is 1. The third-order valence-corrected chi connectivity index (χ3v) is 10.7. The molecule has 0 radical (unpaired) electrons. The van der Waals surface area contributed by atoms with Crippen LogP contribution >= 0.6 is 0 Å². The number of methoxy groups -OCH3 is 1. The number of fused-ring (bicyclic) bond motifs is 1. The number of nitrogen functional groups attached to an aromatic ring is 1. The lowest BCUT2D eigenvalue weighted by Crippen LogP contribution is -2.19. The van der Waals surface area contributed by atoms with Crippen molar-refractivity contribution in [2.75, 3.05) is 33.0 Å². The Labute approximate surface area is 358 Å². The van der Waals surface area contributed by atoms with Gasteiger partial charge in [0, 0.05) is 6.54 Å². The predicted octanol–water partition coefficient (Wildman–Crippen LogP) is 13.5. The second-order valence-electron chi connectivity index (χ2n) is 16.9. The maximum absolute atomic E-state index is 6.23. The Balaban J connectivity index is 1.32. The zero-order valence-electron chi connectivity index (χ0n) is 38.6. The van der Waals surface area contributed by atoms with E-state index in [1.54, 1.807) is 7.11 Å². The molecule has 2 N–H and O–H groups in total. The summed E-state index contributed by atoms with van der Waals surface area (Å²) in [4.78, 5) is 15.9. The SMILES string of the molecule is CCCCOc1nc(N)c2nc(OC)n(Cc3ccc(CN(C)CCC/C(C)=C/CC/C(C)=C/CC/C(C)=C/CC/C=C(\C)CC/C=C(\C)CCC=C(C)C)cc3)c2n1. The number of imidazole rings is 1. The summed E-state index contributed by atoms with van der Waals surface area (Å²) in [6, 6.07) is 9.45. The van der Waals surface area contributed by atoms with Gasteiger partial charge in [-0.05, 0) is 157 Å². The van der Waals surface area contributed by atoms with E-state index in [2.05, 4.69) is 143 Å². The number of rotatable bonds is 28. The molecule has 0 saturated heterocycles. The van der Waals surface area contributed by atoms with Gasteiger partial charge in [-0.1, -0.05) is 108 Å². The number of aromatic nitrogens is 4. The minimum Gasteiger partial charge on any atom is -0.468 e. The zero-order chi connectivity index (χ0) is 43.0. The Morgan fingerprint density at radius 1 is 0.661 bits per heavy atom. The fraction of sp³-hybridized carbons (Fsp3) is 0.549. The molecule has 0 aliphatic heterocycles. The van der Waals surface area contributed by atoms with Gasteiger partial charge in [-0.3, -0.25) is 4.57 Å². The number of allylic oxidation sites excluding steroid dienone is 12. The molecule has 3 aromatic rings. The molecule has 1 aromatic carbocycles. The second kappa shape index (κ2) is 27.4. The molecule has 3 rings (SSSR count). The standard InChI is InChI=1S/C51H78N6O2/c1-11-12-36-59-50-54-48(52)47-49(55-50)57(51(53-47)58-10)38-46-33-31-45(32-34-46)37-56(9)35-19-30-44(8)29-18-28-43(7)27-17-25-41(5)22-14-13-21-40(4)24-16-26-42(6)23-15-20-39(2)3/h20-22,26-27,29,31-34H,11-19,23-25,28,30,35-38H2,1-10H3,(H2,52,54,55)/b40-21+,41-22+,42-26+,43-27+,44-29+. The molecule has 59 heavy (non-hydrogen) atoms. The Morgan fingerprint density at radius 2 is 1.17 bits per heavy atom. The molecule has 0 unspecified atom stereocenters. The maximum Gasteiger partial charge on any atom is 0.320 e. The average molecular weight is 807 g/mol. The molecule has 0 bridgehead atoms. The molecule has 324 valence electrons. The number of hydrogen-bond donors (Lipinski definition) is 1. The molecule has 0 amide bonds. The van der Waals surface area contributed by atoms with Crippen molar-refractivity contribution in [1.82, 2.24) is 24.4 Å². The summed E-state index contributed by atoms with van der Waals surface area (Å²) in [6.07, 6.45) is 30.3. The second-order valence-corrected chi connectivity index (χ2v) is 16.9. The summed E-state index contributed by atoms with van der Waals surface area (Å²) >= 11 is 0. The molecule has 2 heterocycles. The van der Waals surface area contributed by atoms with Crippen LogP contribution in [-0.4, -0.2) is 51.7 Å². The van der Waals surface area contributed by atoms with Crippen LogP contribution in [0.15, 0.2) is 94.2 Å². The van der Waals surface area contributed by atoms with E-state index in [0.29, 0.717) is 30.3 Å². The third-order valence-electron chi connectivity index (χ3n) is 10.7. The Hall–Kier alpha value is -4.43. The molecule has 0 spiro atoms. The first kappa shape index (κ1) is 48.9. The van der Waals surface area contributed by atoms with Crippen LogP contribution in [0.2, 0.25) is 0 Å². The normalized spacial score (nSPS) is 13.2. The highest BCUT2D eigenvalue weighted by Crippen LogP contribution is 2.27. The van der Waals surface area contributed by atoms with E-state index >= 15 is 0 Å². The van der Waals surface area contributed by atoms with Crippen LogP contribution in [0.25, 0.3) is 11.2 Å². The topological polar surface area (TPSA) is 91.3 Å². The van der Waals surface area contributed by atoms with Gasteiger partial charge in [-0.15, -0.1) is 0 Å². The third kappa shape index (κ3) is 19.5. The van der Waals surface area contributed by atoms with Crippen LogP contribution in [0, 0.1) is 0 Å². The molecule has 0 aliphatic carbocycles. The van der Waals surface area contributed by atoms with E-state index in [4.69, 9.17) is 15.2 Å². The number of nitrogens with two attached hydrogens (primary N) is 1. The highest BCUT2D eigenvalue weighted by molar-refractivity contribution is 5.83. The van der Waals surface area contributed by atoms with Gasteiger partial charge in [-0.25, -0.2) is 0 Å². The number of nitrogens with zero attached hydrogens (tertiary/aromatic N) is 5. The van der Waals surface area contributed by atoms with Crippen molar-refractivity contribution < 1.29 is 9.47 Å². The van der Waals surface area contributed by atoms with Gasteiger partial charge in [0.1, 0.15) is 0 Å². The molecular formula is C51H78N6O2. The number of hydrogen-bond acceptors (Lipinski definition) is 7. The summed E-state index contributed by atoms with van der Waals surface area (Å²) in [5.74, 6) is 0.288. The fourth-order valence-corrected chi connectivity index (χ4v) is 7.00. The van der Waals surface area contributed by atoms with Crippen molar-refractivity contribution in [1.29, 1.82) is 0 Å². The molecule has 8 heteroatoms. The molecule has 0 atom stereocenters. The van der Waals surface area contributed by atoms with E-state index in [0.717, 1.165) is 95.7 Å². The lowest BCUT2D eigenvalue weighted by atomic mass is 10.0. The Morgan fingerprint density at radius 3 is 1.69 bits per heavy atom. The van der Waals surface area contributed by atoms with Crippen molar-refractivity contribution in [3.05, 3.63) is 105 Å². The first-order valence-electron chi connectivity index (χ1n) is 22.3. The first-order chi connectivity index (χ1) is 28.4. The number of benzene rings is 1. The van der Waals surface area contributed by atoms with Gasteiger partial charge < -0.3 is 20.1 Å². The molecule has 0 aliphatic rings. The minimum absolute atomic E-state index is 0.268. The molecule has 8 nitrogen and oxygen atoms in total. The van der Waals surface area contributed by atoms with Crippen LogP contribution in [0.4, 0.5) is 5.82 Å². The summed E-state index contributed by atoms with van der Waals surface area (Å²) < 4.78 is 13.3. The summed E-state index contributed by atoms with van der Waals surface area (Å²) in [5, 5.41) is 0. The van der Waals surface area contributed by atoms with E-state index < -0.39 is 0 Å². The van der Waals surface area contributed by atoms with Crippen molar-refractivity contribution in [3.63, 3.8) is 0 Å². The van der Waals surface area contributed by atoms with E-state index in [-0.39, 0.29) is 11.8 Å². The van der Waals surface area contributed by atoms with Crippen LogP contribution < -0.4 is 15.2 Å². The molecule has 0 fully saturated rings. The van der Waals surface area contributed by atoms with Gasteiger partial charge in [0.05, 0.1) is 20.3 Å². The van der Waals surface area contributed by atoms with Crippen LogP contribution in [0.1, 0.15) is 156 Å². The fourth-order valence-electron chi connectivity index (χ4n) is 7.00. The maximum atomic E-state index is 6.23. The smallest absolute Gasteiger partial charge is 0.320 e. The monoisotopic (exact) mass is 807 g/mol. The molecule has 2 aromatic heterocycles. The number of unbranched alkanes of at least 4 members (excludes halogenated alkanes) is 2. The highest BCUT2D eigenvalue weighted by Gasteiger charge is 2.18. The van der Waals surface area contributed by atoms with E-state index in [9.17, 15) is 0 Å². The molecule has 0 saturated carbocycles. The van der Waals surface area contributed by atoms with Crippen molar-refractivity contribution in [3.8, 4) is 12.0 Å². The Bertz CT molecular complexity index is 1890. The van der Waals surface area contributed by atoms with Gasteiger partial charge >= 0.3 is 6.01 Å². The van der Waals surface area contributed by atoms with Gasteiger partial charge in [0.15, 0.2) is 17.0 Å². The summed E-state index contributed by atoms with van der Waals surface area (Å²) in [5.41, 5.74) is 18.7. The summed E-state index contributed by atoms with van der Waals surface area (Å²) in [7, 11) is 3.81. The largest absolute Gasteiger partial charge is 0.468 e. The van der Waals surface area contributed by atoms with Crippen LogP contribution in [0.5, 0.6) is 12.0 Å². The summed E-state index contributed by atoms with van der Waals surface area (Å²) in [6.45, 7) is 21.0. The highest BCUT2D eigenvalue weighted by atomic mass is 16.5. The van der Waals surface area contributed by atoms with E-state index in [1.165, 1.54) is 51.8 Å². The molecular weight excluding hydrogens is 729 g/mol. The van der Waals surface area contributed by atoms with E-state index in [1.807, 2.05) is 4.57 Å². The quantitative estimate of drug-likeness (QED) is 0.0577. The lowest BCUT2D eigenvalue weighted by Gasteiger charge is -2.17. The van der Waals surface area contributed by atoms with Crippen molar-refractivity contribution in [2.24, 2.45) is 0 Å². The minimum atomic E-state index is 0.268. The first-order valence-corrected chi connectivity index (χ1v) is 22.3. The Kier molecular flexibility index (Phi) is 22.7. The van der Waals surface area contributed by atoms with Gasteiger partial charge in [-0.2, -0.15) is 15.0 Å². The van der Waals surface area contributed by atoms with Crippen molar-refractivity contribution >= 4 is 17.0 Å². The lowest BCUT2D eigenvalue weighted by molar-refractivity contribution is 0.286. The van der Waals surface area contributed by atoms with Gasteiger partial charge in [0.25, 0.3) is 6.01 Å².